The third-order valence-electron chi connectivity index (χ3n) is 5.62. The van der Waals surface area contributed by atoms with Crippen molar-refractivity contribution >= 4 is 22.7 Å². The Labute approximate surface area is 162 Å². The number of amides is 1. The molecule has 0 atom stereocenters. The van der Waals surface area contributed by atoms with E-state index in [4.69, 9.17) is 8.94 Å². The van der Waals surface area contributed by atoms with Crippen LogP contribution in [0.15, 0.2) is 33.2 Å². The summed E-state index contributed by atoms with van der Waals surface area (Å²) in [6.45, 7) is 7.75. The summed E-state index contributed by atoms with van der Waals surface area (Å²) in [4.78, 5) is 23.4. The molecule has 1 saturated heterocycles. The van der Waals surface area contributed by atoms with Crippen molar-refractivity contribution in [3.05, 3.63) is 41.6 Å². The number of aryl methyl sites for hydroxylation is 1. The van der Waals surface area contributed by atoms with Crippen molar-refractivity contribution in [3.63, 3.8) is 0 Å². The molecule has 0 saturated carbocycles. The molecule has 4 heterocycles. The van der Waals surface area contributed by atoms with E-state index in [1.54, 1.807) is 6.92 Å². The van der Waals surface area contributed by atoms with Crippen LogP contribution in [0.3, 0.4) is 0 Å². The zero-order chi connectivity index (χ0) is 19.1. The molecule has 2 aromatic heterocycles. The van der Waals surface area contributed by atoms with E-state index in [9.17, 15) is 4.79 Å². The maximum atomic E-state index is 12.6. The normalized spacial score (nSPS) is 18.1. The van der Waals surface area contributed by atoms with Crippen molar-refractivity contribution in [3.8, 4) is 0 Å². The molecule has 146 valence electrons. The molecule has 3 aromatic rings. The van der Waals surface area contributed by atoms with E-state index in [-0.39, 0.29) is 5.91 Å². The first-order chi connectivity index (χ1) is 13.7. The fourth-order valence-corrected chi connectivity index (χ4v) is 4.05. The van der Waals surface area contributed by atoms with Crippen molar-refractivity contribution in [1.29, 1.82) is 0 Å². The number of fused-ring (bicyclic) bond motifs is 2. The first-order valence-electron chi connectivity index (χ1n) is 9.76. The zero-order valence-electron chi connectivity index (χ0n) is 15.9. The van der Waals surface area contributed by atoms with E-state index >= 15 is 0 Å². The van der Waals surface area contributed by atoms with Crippen LogP contribution in [0.1, 0.15) is 22.1 Å². The average molecular weight is 381 g/mol. The molecule has 5 rings (SSSR count). The van der Waals surface area contributed by atoms with Gasteiger partial charge in [0.1, 0.15) is 0 Å². The summed E-state index contributed by atoms with van der Waals surface area (Å²) in [5.74, 6) is 1.88. The van der Waals surface area contributed by atoms with Crippen LogP contribution in [0.2, 0.25) is 0 Å². The third kappa shape index (κ3) is 3.03. The molecule has 0 unspecified atom stereocenters. The fraction of sp³-hybridized carbons (Fsp3) is 0.450. The lowest BCUT2D eigenvalue weighted by Crippen LogP contribution is -2.49. The number of hydrogen-bond donors (Lipinski definition) is 0. The Morgan fingerprint density at radius 1 is 1.07 bits per heavy atom. The van der Waals surface area contributed by atoms with Gasteiger partial charge in [0.15, 0.2) is 17.3 Å². The predicted octanol–water partition coefficient (Wildman–Crippen LogP) is 1.94. The Morgan fingerprint density at radius 3 is 2.75 bits per heavy atom. The molecule has 0 bridgehead atoms. The van der Waals surface area contributed by atoms with Gasteiger partial charge in [0.25, 0.3) is 5.91 Å². The van der Waals surface area contributed by atoms with Gasteiger partial charge in [-0.3, -0.25) is 9.69 Å². The van der Waals surface area contributed by atoms with Gasteiger partial charge >= 0.3 is 0 Å². The highest BCUT2D eigenvalue weighted by Gasteiger charge is 2.30. The van der Waals surface area contributed by atoms with Gasteiger partial charge in [-0.05, 0) is 12.1 Å². The Hall–Kier alpha value is -2.87. The summed E-state index contributed by atoms with van der Waals surface area (Å²) >= 11 is 0. The van der Waals surface area contributed by atoms with Gasteiger partial charge in [0.05, 0.1) is 11.1 Å². The minimum absolute atomic E-state index is 0.0328. The average Bonchev–Trinajstić information content (AvgIpc) is 3.31. The molecular formula is C20H23N5O3. The van der Waals surface area contributed by atoms with Crippen LogP contribution in [0.5, 0.6) is 0 Å². The number of oxazole rings is 1. The van der Waals surface area contributed by atoms with Crippen LogP contribution in [0.25, 0.3) is 11.0 Å². The SMILES string of the molecule is Cc1nc2c(o1)C(=O)N(CCN1CCN(c3noc4ccccc34)CC1)CC2. The molecule has 28 heavy (non-hydrogen) atoms. The van der Waals surface area contributed by atoms with E-state index in [0.29, 0.717) is 24.7 Å². The second-order valence-corrected chi connectivity index (χ2v) is 7.38. The van der Waals surface area contributed by atoms with Gasteiger partial charge < -0.3 is 18.7 Å². The number of nitrogens with zero attached hydrogens (tertiary/aromatic N) is 5. The molecule has 8 heteroatoms. The van der Waals surface area contributed by atoms with Gasteiger partial charge in [-0.2, -0.15) is 0 Å². The smallest absolute Gasteiger partial charge is 0.291 e. The van der Waals surface area contributed by atoms with Crippen molar-refractivity contribution in [1.82, 2.24) is 19.9 Å². The molecule has 0 N–H and O–H groups in total. The van der Waals surface area contributed by atoms with Gasteiger partial charge in [0.2, 0.25) is 5.76 Å². The molecule has 8 nitrogen and oxygen atoms in total. The number of carbonyl (C=O) groups is 1. The lowest BCUT2D eigenvalue weighted by atomic mass is 10.1. The Kier molecular flexibility index (Phi) is 4.27. The van der Waals surface area contributed by atoms with Crippen molar-refractivity contribution < 1.29 is 13.7 Å². The molecule has 0 spiro atoms. The number of piperazine rings is 1. The van der Waals surface area contributed by atoms with Crippen LogP contribution >= 0.6 is 0 Å². The molecule has 2 aliphatic rings. The Balaban J connectivity index is 1.17. The molecular weight excluding hydrogens is 358 g/mol. The van der Waals surface area contributed by atoms with Crippen LogP contribution < -0.4 is 4.90 Å². The van der Waals surface area contributed by atoms with Crippen LogP contribution in [-0.2, 0) is 6.42 Å². The number of carbonyl (C=O) groups excluding carboxylic acids is 1. The van der Waals surface area contributed by atoms with Gasteiger partial charge in [0, 0.05) is 59.2 Å². The van der Waals surface area contributed by atoms with Crippen molar-refractivity contribution in [2.24, 2.45) is 0 Å². The summed E-state index contributed by atoms with van der Waals surface area (Å²) in [6.07, 6.45) is 0.769. The zero-order valence-corrected chi connectivity index (χ0v) is 15.9. The highest BCUT2D eigenvalue weighted by molar-refractivity contribution is 5.93. The topological polar surface area (TPSA) is 78.9 Å². The molecule has 0 aliphatic carbocycles. The first-order valence-corrected chi connectivity index (χ1v) is 9.76. The third-order valence-corrected chi connectivity index (χ3v) is 5.62. The van der Waals surface area contributed by atoms with Gasteiger partial charge in [-0.1, -0.05) is 17.3 Å². The first kappa shape index (κ1) is 17.2. The summed E-state index contributed by atoms with van der Waals surface area (Å²) in [7, 11) is 0. The van der Waals surface area contributed by atoms with E-state index in [0.717, 1.165) is 61.6 Å². The molecule has 1 fully saturated rings. The summed E-state index contributed by atoms with van der Waals surface area (Å²) in [5, 5.41) is 5.32. The molecule has 1 aromatic carbocycles. The Morgan fingerprint density at radius 2 is 1.89 bits per heavy atom. The minimum Gasteiger partial charge on any atom is -0.436 e. The highest BCUT2D eigenvalue weighted by atomic mass is 16.5. The largest absolute Gasteiger partial charge is 0.436 e. The number of hydrogen-bond acceptors (Lipinski definition) is 7. The maximum absolute atomic E-state index is 12.6. The minimum atomic E-state index is -0.0328. The summed E-state index contributed by atoms with van der Waals surface area (Å²) < 4.78 is 10.9. The van der Waals surface area contributed by atoms with E-state index in [1.165, 1.54) is 0 Å². The standard InChI is InChI=1S/C20H23N5O3/c1-14-21-16-6-7-25(20(26)18(16)27-14)13-10-23-8-11-24(12-9-23)19-15-4-2-3-5-17(15)28-22-19/h2-5H,6-13H2,1H3. The molecule has 2 aliphatic heterocycles. The second-order valence-electron chi connectivity index (χ2n) is 7.38. The summed E-state index contributed by atoms with van der Waals surface area (Å²) in [5.41, 5.74) is 1.62. The highest BCUT2D eigenvalue weighted by Crippen LogP contribution is 2.26. The van der Waals surface area contributed by atoms with E-state index in [1.807, 2.05) is 23.1 Å². The van der Waals surface area contributed by atoms with E-state index in [2.05, 4.69) is 26.0 Å². The predicted molar refractivity (Wildman–Crippen MR) is 104 cm³/mol. The Bertz CT molecular complexity index is 1000. The van der Waals surface area contributed by atoms with Crippen molar-refractivity contribution in [2.75, 3.05) is 50.7 Å². The lowest BCUT2D eigenvalue weighted by Gasteiger charge is -2.36. The van der Waals surface area contributed by atoms with Crippen LogP contribution in [0, 0.1) is 6.92 Å². The summed E-state index contributed by atoms with van der Waals surface area (Å²) in [6, 6.07) is 7.96. The number of aromatic nitrogens is 2. The number of rotatable bonds is 4. The molecule has 0 radical (unpaired) electrons. The maximum Gasteiger partial charge on any atom is 0.291 e. The number of anilines is 1. The van der Waals surface area contributed by atoms with Crippen LogP contribution in [-0.4, -0.2) is 71.7 Å². The van der Waals surface area contributed by atoms with Gasteiger partial charge in [-0.25, -0.2) is 4.98 Å². The van der Waals surface area contributed by atoms with Crippen molar-refractivity contribution in [2.45, 2.75) is 13.3 Å². The number of para-hydroxylation sites is 1. The molecule has 1 amide bonds. The second kappa shape index (κ2) is 6.94. The number of benzene rings is 1. The lowest BCUT2D eigenvalue weighted by molar-refractivity contribution is 0.0680. The quantitative estimate of drug-likeness (QED) is 0.683. The van der Waals surface area contributed by atoms with Gasteiger partial charge in [-0.15, -0.1) is 0 Å². The van der Waals surface area contributed by atoms with E-state index < -0.39 is 0 Å². The van der Waals surface area contributed by atoms with Crippen LogP contribution in [0.4, 0.5) is 5.82 Å². The monoisotopic (exact) mass is 381 g/mol. The fourth-order valence-electron chi connectivity index (χ4n) is 4.05.